The molecule has 7 nitrogen and oxygen atoms in total. The molecule has 0 aliphatic carbocycles. The van der Waals surface area contributed by atoms with Crippen LogP contribution < -0.4 is 16.0 Å². The number of primary amides is 1. The minimum atomic E-state index is -0.501. The number of nitrogens with zero attached hydrogens (tertiary/aromatic N) is 4. The van der Waals surface area contributed by atoms with Crippen molar-refractivity contribution >= 4 is 28.9 Å². The normalized spacial score (nSPS) is 10.8. The molecule has 0 spiro atoms. The molecule has 3 rings (SSSR count). The maximum absolute atomic E-state index is 14.9. The minimum absolute atomic E-state index is 0.139. The van der Waals surface area contributed by atoms with Crippen LogP contribution in [-0.2, 0) is 24.3 Å². The average molecular weight is 415 g/mol. The second-order valence-electron chi connectivity index (χ2n) is 6.77. The smallest absolute Gasteiger partial charge is 0.221 e. The molecule has 0 bridgehead atoms. The number of amides is 1. The Labute approximate surface area is 172 Å². The van der Waals surface area contributed by atoms with E-state index in [4.69, 9.17) is 5.73 Å². The molecule has 2 aromatic heterocycles. The Kier molecular flexibility index (Phi) is 6.38. The highest BCUT2D eigenvalue weighted by atomic mass is 32.1. The molecule has 1 aromatic carbocycles. The molecule has 2 heterocycles. The van der Waals surface area contributed by atoms with Gasteiger partial charge < -0.3 is 16.0 Å². The van der Waals surface area contributed by atoms with E-state index in [1.807, 2.05) is 38.1 Å². The third-order valence-electron chi connectivity index (χ3n) is 4.37. The van der Waals surface area contributed by atoms with Crippen molar-refractivity contribution in [3.05, 3.63) is 63.1 Å². The zero-order valence-electron chi connectivity index (χ0n) is 16.6. The number of carbonyl (C=O) groups excluding carboxylic acids is 1. The van der Waals surface area contributed by atoms with Crippen molar-refractivity contribution in [2.45, 2.75) is 33.4 Å². The zero-order chi connectivity index (χ0) is 21.0. The molecule has 0 aliphatic rings. The summed E-state index contributed by atoms with van der Waals surface area (Å²) in [5.74, 6) is -0.511. The van der Waals surface area contributed by atoms with E-state index in [0.29, 0.717) is 13.1 Å². The maximum Gasteiger partial charge on any atom is 0.221 e. The number of aryl methyl sites for hydroxylation is 2. The SMILES string of the molecule is Cc1nc(C)c(CN(C)c2ncnc(NCc3ccc(CC(N)=O)cc3)c2F)s1. The van der Waals surface area contributed by atoms with Gasteiger partial charge in [-0.15, -0.1) is 11.3 Å². The van der Waals surface area contributed by atoms with E-state index in [-0.39, 0.29) is 24.0 Å². The van der Waals surface area contributed by atoms with Crippen molar-refractivity contribution in [3.63, 3.8) is 0 Å². The number of anilines is 2. The van der Waals surface area contributed by atoms with E-state index in [9.17, 15) is 9.18 Å². The number of thiazole rings is 1. The Morgan fingerprint density at radius 1 is 1.21 bits per heavy atom. The number of benzene rings is 1. The van der Waals surface area contributed by atoms with Crippen LogP contribution in [0.4, 0.5) is 16.0 Å². The van der Waals surface area contributed by atoms with Gasteiger partial charge in [0.2, 0.25) is 11.7 Å². The van der Waals surface area contributed by atoms with Gasteiger partial charge in [-0.05, 0) is 25.0 Å². The highest BCUT2D eigenvalue weighted by molar-refractivity contribution is 7.11. The fourth-order valence-electron chi connectivity index (χ4n) is 2.92. The molecule has 0 fully saturated rings. The number of rotatable bonds is 8. The molecular weight excluding hydrogens is 391 g/mol. The van der Waals surface area contributed by atoms with Crippen LogP contribution in [0.1, 0.15) is 26.7 Å². The first kappa shape index (κ1) is 20.7. The van der Waals surface area contributed by atoms with Gasteiger partial charge in [-0.3, -0.25) is 4.79 Å². The van der Waals surface area contributed by atoms with E-state index in [2.05, 4.69) is 20.3 Å². The summed E-state index contributed by atoms with van der Waals surface area (Å²) in [6, 6.07) is 7.39. The van der Waals surface area contributed by atoms with Crippen LogP contribution in [0.5, 0.6) is 0 Å². The number of carbonyl (C=O) groups is 1. The minimum Gasteiger partial charge on any atom is -0.369 e. The predicted octanol–water partition coefficient (Wildman–Crippen LogP) is 2.97. The van der Waals surface area contributed by atoms with Crippen LogP contribution in [0.3, 0.4) is 0 Å². The van der Waals surface area contributed by atoms with Crippen LogP contribution in [0, 0.1) is 19.7 Å². The number of nitrogens with two attached hydrogens (primary N) is 1. The van der Waals surface area contributed by atoms with Crippen molar-refractivity contribution < 1.29 is 9.18 Å². The molecule has 29 heavy (non-hydrogen) atoms. The third-order valence-corrected chi connectivity index (χ3v) is 5.43. The van der Waals surface area contributed by atoms with Crippen LogP contribution in [-0.4, -0.2) is 27.9 Å². The lowest BCUT2D eigenvalue weighted by Gasteiger charge is -2.19. The number of hydrogen-bond acceptors (Lipinski definition) is 7. The van der Waals surface area contributed by atoms with Crippen LogP contribution in [0.25, 0.3) is 0 Å². The Morgan fingerprint density at radius 3 is 2.52 bits per heavy atom. The number of aromatic nitrogens is 3. The molecule has 3 N–H and O–H groups in total. The van der Waals surface area contributed by atoms with Gasteiger partial charge in [0.25, 0.3) is 0 Å². The molecule has 0 radical (unpaired) electrons. The van der Waals surface area contributed by atoms with Crippen molar-refractivity contribution in [2.75, 3.05) is 17.3 Å². The van der Waals surface area contributed by atoms with E-state index >= 15 is 0 Å². The van der Waals surface area contributed by atoms with Crippen molar-refractivity contribution in [1.29, 1.82) is 0 Å². The summed E-state index contributed by atoms with van der Waals surface area (Å²) in [5.41, 5.74) is 7.92. The number of hydrogen-bond donors (Lipinski definition) is 2. The highest BCUT2D eigenvalue weighted by Gasteiger charge is 2.17. The lowest BCUT2D eigenvalue weighted by Crippen LogP contribution is -2.20. The molecule has 1 amide bonds. The second-order valence-corrected chi connectivity index (χ2v) is 8.06. The lowest BCUT2D eigenvalue weighted by atomic mass is 10.1. The fraction of sp³-hybridized carbons (Fsp3) is 0.300. The average Bonchev–Trinajstić information content (AvgIpc) is 2.98. The van der Waals surface area contributed by atoms with Crippen LogP contribution in [0.15, 0.2) is 30.6 Å². The fourth-order valence-corrected chi connectivity index (χ4v) is 3.91. The van der Waals surface area contributed by atoms with Gasteiger partial charge in [0, 0.05) is 18.5 Å². The molecular formula is C20H23FN6OS. The molecule has 0 aliphatic heterocycles. The van der Waals surface area contributed by atoms with E-state index < -0.39 is 5.82 Å². The zero-order valence-corrected chi connectivity index (χ0v) is 17.4. The van der Waals surface area contributed by atoms with Gasteiger partial charge in [0.05, 0.1) is 23.7 Å². The molecule has 9 heteroatoms. The Hall–Kier alpha value is -3.07. The first-order valence-electron chi connectivity index (χ1n) is 9.08. The Bertz CT molecular complexity index is 1000. The Balaban J connectivity index is 1.68. The first-order chi connectivity index (χ1) is 13.8. The van der Waals surface area contributed by atoms with Crippen molar-refractivity contribution in [3.8, 4) is 0 Å². The van der Waals surface area contributed by atoms with Crippen LogP contribution >= 0.6 is 11.3 Å². The Morgan fingerprint density at radius 2 is 1.90 bits per heavy atom. The van der Waals surface area contributed by atoms with Gasteiger partial charge in [-0.1, -0.05) is 24.3 Å². The van der Waals surface area contributed by atoms with Crippen molar-refractivity contribution in [1.82, 2.24) is 15.0 Å². The second kappa shape index (κ2) is 8.95. The van der Waals surface area contributed by atoms with Gasteiger partial charge in [0.15, 0.2) is 11.6 Å². The van der Waals surface area contributed by atoms with E-state index in [1.165, 1.54) is 6.33 Å². The molecule has 152 valence electrons. The van der Waals surface area contributed by atoms with Gasteiger partial charge in [0.1, 0.15) is 6.33 Å². The summed E-state index contributed by atoms with van der Waals surface area (Å²) in [6.45, 7) is 4.81. The summed E-state index contributed by atoms with van der Waals surface area (Å²) in [5, 5.41) is 3.99. The summed E-state index contributed by atoms with van der Waals surface area (Å²) in [4.78, 5) is 26.3. The molecule has 0 atom stereocenters. The highest BCUT2D eigenvalue weighted by Crippen LogP contribution is 2.25. The monoisotopic (exact) mass is 414 g/mol. The third kappa shape index (κ3) is 5.26. The largest absolute Gasteiger partial charge is 0.369 e. The summed E-state index contributed by atoms with van der Waals surface area (Å²) < 4.78 is 14.9. The predicted molar refractivity (Wildman–Crippen MR) is 112 cm³/mol. The van der Waals surface area contributed by atoms with Gasteiger partial charge in [-0.2, -0.15) is 4.39 Å². The molecule has 0 saturated carbocycles. The molecule has 0 saturated heterocycles. The number of halogens is 1. The van der Waals surface area contributed by atoms with Crippen molar-refractivity contribution in [2.24, 2.45) is 5.73 Å². The first-order valence-corrected chi connectivity index (χ1v) is 9.89. The van der Waals surface area contributed by atoms with Gasteiger partial charge in [-0.25, -0.2) is 15.0 Å². The summed E-state index contributed by atoms with van der Waals surface area (Å²) in [7, 11) is 1.79. The van der Waals surface area contributed by atoms with E-state index in [0.717, 1.165) is 26.7 Å². The van der Waals surface area contributed by atoms with E-state index in [1.54, 1.807) is 23.3 Å². The summed E-state index contributed by atoms with van der Waals surface area (Å²) >= 11 is 1.60. The lowest BCUT2D eigenvalue weighted by molar-refractivity contribution is -0.117. The van der Waals surface area contributed by atoms with Gasteiger partial charge >= 0.3 is 0 Å². The molecule has 3 aromatic rings. The quantitative estimate of drug-likeness (QED) is 0.588. The summed E-state index contributed by atoms with van der Waals surface area (Å²) in [6.07, 6.45) is 1.54. The maximum atomic E-state index is 14.9. The topological polar surface area (TPSA) is 97.0 Å². The standard InChI is InChI=1S/C20H23FN6OS/c1-12-16(29-13(2)26-12)10-27(3)20-18(21)19(24-11-25-20)23-9-15-6-4-14(5-7-15)8-17(22)28/h4-7,11H,8-10H2,1-3H3,(H2,22,28)(H,23,24,25). The number of nitrogens with one attached hydrogen (secondary N) is 1. The molecule has 0 unspecified atom stereocenters. The van der Waals surface area contributed by atoms with Crippen LogP contribution in [0.2, 0.25) is 0 Å².